The number of benzene rings is 1. The average Bonchev–Trinajstić information content (AvgIpc) is 3.01. The van der Waals surface area contributed by atoms with Crippen molar-refractivity contribution < 1.29 is 10.2 Å². The number of aromatic nitrogens is 3. The number of imidazole rings is 1. The van der Waals surface area contributed by atoms with E-state index in [4.69, 9.17) is 10.7 Å². The summed E-state index contributed by atoms with van der Waals surface area (Å²) in [6.45, 7) is 4.33. The predicted octanol–water partition coefficient (Wildman–Crippen LogP) is 2.89. The summed E-state index contributed by atoms with van der Waals surface area (Å²) in [4.78, 5) is 9.29. The summed E-state index contributed by atoms with van der Waals surface area (Å²) in [5.41, 5.74) is 8.04. The van der Waals surface area contributed by atoms with Crippen LogP contribution in [0.15, 0.2) is 24.3 Å². The van der Waals surface area contributed by atoms with Crippen molar-refractivity contribution in [2.24, 2.45) is 5.41 Å². The van der Waals surface area contributed by atoms with E-state index < -0.39 is 5.41 Å². The predicted molar refractivity (Wildman–Crippen MR) is 105 cm³/mol. The van der Waals surface area contributed by atoms with Crippen LogP contribution < -0.4 is 5.73 Å². The number of hydrogen-bond acceptors (Lipinski definition) is 5. The van der Waals surface area contributed by atoms with Crippen LogP contribution in [0, 0.1) is 5.41 Å². The van der Waals surface area contributed by atoms with Gasteiger partial charge in [0.2, 0.25) is 0 Å². The molecule has 0 aliphatic rings. The third-order valence-electron chi connectivity index (χ3n) is 5.00. The second-order valence-corrected chi connectivity index (χ2v) is 7.41. The fraction of sp³-hybridized carbons (Fsp3) is 0.500. The zero-order chi connectivity index (χ0) is 18.7. The van der Waals surface area contributed by atoms with Crippen molar-refractivity contribution >= 4 is 27.8 Å². The molecule has 0 aliphatic heterocycles. The Morgan fingerprint density at radius 2 is 1.85 bits per heavy atom. The van der Waals surface area contributed by atoms with Gasteiger partial charge in [-0.1, -0.05) is 44.9 Å². The summed E-state index contributed by atoms with van der Waals surface area (Å²) < 4.78 is 2.12. The Hall–Kier alpha value is -2.18. The second-order valence-electron chi connectivity index (χ2n) is 7.41. The third kappa shape index (κ3) is 3.39. The van der Waals surface area contributed by atoms with Crippen molar-refractivity contribution in [3.8, 4) is 0 Å². The summed E-state index contributed by atoms with van der Waals surface area (Å²) in [5.74, 6) is 1.36. The maximum atomic E-state index is 9.80. The molecular formula is C20H28N4O2. The van der Waals surface area contributed by atoms with Crippen LogP contribution in [0.1, 0.15) is 38.9 Å². The molecular weight excluding hydrogens is 328 g/mol. The van der Waals surface area contributed by atoms with Crippen LogP contribution in [0.4, 0.5) is 5.82 Å². The number of aryl methyl sites for hydroxylation is 1. The Morgan fingerprint density at radius 3 is 2.54 bits per heavy atom. The van der Waals surface area contributed by atoms with Crippen LogP contribution in [-0.4, -0.2) is 38.0 Å². The molecule has 2 aromatic heterocycles. The number of nitrogen functional groups attached to an aromatic ring is 1. The lowest BCUT2D eigenvalue weighted by Crippen LogP contribution is -2.32. The molecule has 0 saturated heterocycles. The van der Waals surface area contributed by atoms with E-state index in [1.165, 1.54) is 0 Å². The first kappa shape index (κ1) is 18.6. The maximum absolute atomic E-state index is 9.80. The number of rotatable bonds is 8. The number of nitrogens with two attached hydrogens (primary N) is 1. The summed E-state index contributed by atoms with van der Waals surface area (Å²) >= 11 is 0. The molecule has 0 saturated carbocycles. The van der Waals surface area contributed by atoms with Gasteiger partial charge >= 0.3 is 0 Å². The molecule has 3 aromatic rings. The molecule has 6 nitrogen and oxygen atoms in total. The van der Waals surface area contributed by atoms with Gasteiger partial charge in [0.05, 0.1) is 24.2 Å². The van der Waals surface area contributed by atoms with Gasteiger partial charge in [-0.3, -0.25) is 0 Å². The number of aliphatic hydroxyl groups excluding tert-OH is 2. The first-order valence-electron chi connectivity index (χ1n) is 9.28. The highest BCUT2D eigenvalue weighted by Gasteiger charge is 2.27. The lowest BCUT2D eigenvalue weighted by atomic mass is 9.92. The molecule has 140 valence electrons. The fourth-order valence-corrected chi connectivity index (χ4v) is 3.33. The second kappa shape index (κ2) is 7.60. The number of hydrogen-bond donors (Lipinski definition) is 3. The highest BCUT2D eigenvalue weighted by atomic mass is 16.3. The zero-order valence-corrected chi connectivity index (χ0v) is 15.6. The summed E-state index contributed by atoms with van der Waals surface area (Å²) in [6, 6.07) is 7.88. The van der Waals surface area contributed by atoms with Gasteiger partial charge in [0.15, 0.2) is 5.82 Å². The number of pyridine rings is 1. The summed E-state index contributed by atoms with van der Waals surface area (Å²) in [5, 5.41) is 20.6. The van der Waals surface area contributed by atoms with E-state index in [1.54, 1.807) is 0 Å². The molecule has 0 amide bonds. The largest absolute Gasteiger partial charge is 0.396 e. The lowest BCUT2D eigenvalue weighted by molar-refractivity contribution is 0.0557. The van der Waals surface area contributed by atoms with Crippen LogP contribution in [-0.2, 0) is 13.0 Å². The van der Waals surface area contributed by atoms with Crippen molar-refractivity contribution in [2.75, 3.05) is 18.9 Å². The lowest BCUT2D eigenvalue weighted by Gasteiger charge is -2.26. The van der Waals surface area contributed by atoms with Crippen LogP contribution >= 0.6 is 0 Å². The standard InChI is InChI=1S/C20H28N4O2/c1-3-4-5-10-16-23-17-18(24(16)11-20(2,12-25)13-26)14-8-6-7-9-15(14)22-19(17)21/h6-9,25-26H,3-5,10-13H2,1-2H3,(H2,21,22). The van der Waals surface area contributed by atoms with Crippen molar-refractivity contribution in [3.05, 3.63) is 30.1 Å². The van der Waals surface area contributed by atoms with E-state index >= 15 is 0 Å². The normalized spacial score (nSPS) is 12.3. The number of anilines is 1. The van der Waals surface area contributed by atoms with Gasteiger partial charge in [0, 0.05) is 23.8 Å². The minimum absolute atomic E-state index is 0.101. The van der Waals surface area contributed by atoms with Crippen LogP contribution in [0.2, 0.25) is 0 Å². The van der Waals surface area contributed by atoms with Crippen LogP contribution in [0.25, 0.3) is 21.9 Å². The van der Waals surface area contributed by atoms with Gasteiger partial charge in [0.1, 0.15) is 11.3 Å². The molecule has 1 aromatic carbocycles. The first-order chi connectivity index (χ1) is 12.5. The summed E-state index contributed by atoms with van der Waals surface area (Å²) in [6.07, 6.45) is 4.15. The Labute approximate surface area is 153 Å². The van der Waals surface area contributed by atoms with Gasteiger partial charge < -0.3 is 20.5 Å². The number of nitrogens with zero attached hydrogens (tertiary/aromatic N) is 3. The smallest absolute Gasteiger partial charge is 0.152 e. The molecule has 0 fully saturated rings. The van der Waals surface area contributed by atoms with Crippen LogP contribution in [0.3, 0.4) is 0 Å². The molecule has 6 heteroatoms. The van der Waals surface area contributed by atoms with E-state index in [2.05, 4.69) is 16.5 Å². The molecule has 26 heavy (non-hydrogen) atoms. The number of aliphatic hydroxyl groups is 2. The molecule has 3 rings (SSSR count). The van der Waals surface area contributed by atoms with Gasteiger partial charge in [-0.15, -0.1) is 0 Å². The molecule has 0 unspecified atom stereocenters. The molecule has 4 N–H and O–H groups in total. The van der Waals surface area contributed by atoms with Crippen molar-refractivity contribution in [1.82, 2.24) is 14.5 Å². The highest BCUT2D eigenvalue weighted by molar-refractivity contribution is 6.06. The molecule has 0 aliphatic carbocycles. The highest BCUT2D eigenvalue weighted by Crippen LogP contribution is 2.31. The quantitative estimate of drug-likeness (QED) is 0.539. The van der Waals surface area contributed by atoms with Gasteiger partial charge in [-0.25, -0.2) is 9.97 Å². The topological polar surface area (TPSA) is 97.2 Å². The first-order valence-corrected chi connectivity index (χ1v) is 9.28. The van der Waals surface area contributed by atoms with E-state index in [-0.39, 0.29) is 13.2 Å². The SMILES string of the molecule is CCCCCc1nc2c(N)nc3ccccc3c2n1CC(C)(CO)CO. The minimum Gasteiger partial charge on any atom is -0.396 e. The van der Waals surface area contributed by atoms with Crippen molar-refractivity contribution in [1.29, 1.82) is 0 Å². The van der Waals surface area contributed by atoms with Gasteiger partial charge in [-0.2, -0.15) is 0 Å². The van der Waals surface area contributed by atoms with E-state index in [0.29, 0.717) is 17.9 Å². The molecule has 0 radical (unpaired) electrons. The minimum atomic E-state index is -0.633. The Kier molecular flexibility index (Phi) is 5.44. The summed E-state index contributed by atoms with van der Waals surface area (Å²) in [7, 11) is 0. The fourth-order valence-electron chi connectivity index (χ4n) is 3.33. The van der Waals surface area contributed by atoms with Crippen molar-refractivity contribution in [2.45, 2.75) is 46.1 Å². The van der Waals surface area contributed by atoms with Crippen LogP contribution in [0.5, 0.6) is 0 Å². The number of unbranched alkanes of at least 4 members (excludes halogenated alkanes) is 2. The van der Waals surface area contributed by atoms with Gasteiger partial charge in [0.25, 0.3) is 0 Å². The zero-order valence-electron chi connectivity index (χ0n) is 15.6. The monoisotopic (exact) mass is 356 g/mol. The number of fused-ring (bicyclic) bond motifs is 3. The van der Waals surface area contributed by atoms with Crippen molar-refractivity contribution in [3.63, 3.8) is 0 Å². The van der Waals surface area contributed by atoms with E-state index in [1.807, 2.05) is 31.2 Å². The average molecular weight is 356 g/mol. The van der Waals surface area contributed by atoms with E-state index in [9.17, 15) is 10.2 Å². The molecule has 0 spiro atoms. The Bertz CT molecular complexity index is 900. The molecule has 2 heterocycles. The maximum Gasteiger partial charge on any atom is 0.152 e. The Morgan fingerprint density at radius 1 is 1.12 bits per heavy atom. The Balaban J connectivity index is 2.23. The number of para-hydroxylation sites is 1. The van der Waals surface area contributed by atoms with E-state index in [0.717, 1.165) is 47.9 Å². The third-order valence-corrected chi connectivity index (χ3v) is 5.00. The molecule has 0 atom stereocenters. The molecule has 0 bridgehead atoms. The van der Waals surface area contributed by atoms with Gasteiger partial charge in [-0.05, 0) is 12.5 Å².